The van der Waals surface area contributed by atoms with E-state index in [1.165, 1.54) is 0 Å². The zero-order chi connectivity index (χ0) is 15.4. The molecular weight excluding hydrogens is 278 g/mol. The molecule has 22 heavy (non-hydrogen) atoms. The fourth-order valence-electron chi connectivity index (χ4n) is 3.23. The third kappa shape index (κ3) is 3.59. The van der Waals surface area contributed by atoms with Gasteiger partial charge in [0.1, 0.15) is 0 Å². The number of nitrogens with one attached hydrogen (secondary N) is 1. The number of para-hydroxylation sites is 1. The number of hydrogen-bond acceptors (Lipinski definition) is 3. The molecule has 5 heteroatoms. The lowest BCUT2D eigenvalue weighted by Gasteiger charge is -2.34. The molecule has 2 aliphatic rings. The number of nitrogens with zero attached hydrogens (tertiary/aromatic N) is 2. The second-order valence-electron chi connectivity index (χ2n) is 6.11. The van der Waals surface area contributed by atoms with Crippen molar-refractivity contribution >= 4 is 17.5 Å². The number of amides is 2. The van der Waals surface area contributed by atoms with Crippen LogP contribution in [0.25, 0.3) is 0 Å². The molecule has 3 rings (SSSR count). The van der Waals surface area contributed by atoms with Crippen molar-refractivity contribution in [1.82, 2.24) is 9.80 Å². The predicted molar refractivity (Wildman–Crippen MR) is 85.5 cm³/mol. The van der Waals surface area contributed by atoms with Gasteiger partial charge in [-0.2, -0.15) is 0 Å². The van der Waals surface area contributed by atoms with E-state index in [2.05, 4.69) is 5.32 Å². The van der Waals surface area contributed by atoms with E-state index in [9.17, 15) is 9.59 Å². The molecule has 118 valence electrons. The van der Waals surface area contributed by atoms with Gasteiger partial charge in [-0.25, -0.2) is 0 Å². The van der Waals surface area contributed by atoms with Crippen LogP contribution in [0.2, 0.25) is 0 Å². The normalized spacial score (nSPS) is 22.0. The van der Waals surface area contributed by atoms with Crippen LogP contribution in [0, 0.1) is 0 Å². The first-order valence-electron chi connectivity index (χ1n) is 8.09. The average molecular weight is 301 g/mol. The second kappa shape index (κ2) is 6.81. The van der Waals surface area contributed by atoms with E-state index in [1.54, 1.807) is 4.90 Å². The molecule has 0 aromatic heterocycles. The Bertz CT molecular complexity index is 532. The van der Waals surface area contributed by atoms with Crippen LogP contribution in [0.1, 0.15) is 25.7 Å². The molecule has 2 saturated heterocycles. The first kappa shape index (κ1) is 14.9. The average Bonchev–Trinajstić information content (AvgIpc) is 2.94. The van der Waals surface area contributed by atoms with Gasteiger partial charge in [0.25, 0.3) is 0 Å². The molecule has 0 spiro atoms. The van der Waals surface area contributed by atoms with E-state index in [0.29, 0.717) is 6.42 Å². The van der Waals surface area contributed by atoms with Crippen LogP contribution in [0.3, 0.4) is 0 Å². The van der Waals surface area contributed by atoms with E-state index in [-0.39, 0.29) is 24.4 Å². The van der Waals surface area contributed by atoms with Crippen LogP contribution in [0.15, 0.2) is 30.3 Å². The summed E-state index contributed by atoms with van der Waals surface area (Å²) >= 11 is 0. The first-order chi connectivity index (χ1) is 10.7. The molecule has 2 fully saturated rings. The maximum atomic E-state index is 12.4. The van der Waals surface area contributed by atoms with Crippen LogP contribution < -0.4 is 5.32 Å². The van der Waals surface area contributed by atoms with E-state index in [0.717, 1.165) is 44.6 Å². The van der Waals surface area contributed by atoms with E-state index in [1.807, 2.05) is 35.2 Å². The van der Waals surface area contributed by atoms with Gasteiger partial charge in [0, 0.05) is 37.8 Å². The van der Waals surface area contributed by atoms with Gasteiger partial charge in [0.2, 0.25) is 11.8 Å². The highest BCUT2D eigenvalue weighted by atomic mass is 16.2. The Morgan fingerprint density at radius 3 is 2.73 bits per heavy atom. The largest absolute Gasteiger partial charge is 0.381 e. The van der Waals surface area contributed by atoms with Crippen molar-refractivity contribution in [3.8, 4) is 0 Å². The van der Waals surface area contributed by atoms with Crippen molar-refractivity contribution < 1.29 is 9.59 Å². The molecule has 0 radical (unpaired) electrons. The van der Waals surface area contributed by atoms with Crippen LogP contribution in [-0.2, 0) is 9.59 Å². The minimum atomic E-state index is 0.0785. The number of likely N-dealkylation sites (tertiary alicyclic amines) is 2. The van der Waals surface area contributed by atoms with Gasteiger partial charge in [0.05, 0.1) is 6.54 Å². The Kier molecular flexibility index (Phi) is 4.61. The standard InChI is InChI=1S/C17H23N3O2/c21-16-9-5-11-20(16)13-17(22)19-10-4-8-15(12-19)18-14-6-2-1-3-7-14/h1-3,6-7,15,18H,4-5,8-13H2/t15-/m1/s1. The van der Waals surface area contributed by atoms with Crippen LogP contribution in [0.5, 0.6) is 0 Å². The molecule has 1 aromatic carbocycles. The zero-order valence-corrected chi connectivity index (χ0v) is 12.8. The molecule has 1 N–H and O–H groups in total. The number of anilines is 1. The molecular formula is C17H23N3O2. The van der Waals surface area contributed by atoms with Gasteiger partial charge in [-0.3, -0.25) is 9.59 Å². The quantitative estimate of drug-likeness (QED) is 0.921. The zero-order valence-electron chi connectivity index (χ0n) is 12.8. The Morgan fingerprint density at radius 2 is 2.00 bits per heavy atom. The fourth-order valence-corrected chi connectivity index (χ4v) is 3.23. The van der Waals surface area contributed by atoms with E-state index in [4.69, 9.17) is 0 Å². The third-order valence-corrected chi connectivity index (χ3v) is 4.42. The van der Waals surface area contributed by atoms with Gasteiger partial charge in [-0.1, -0.05) is 18.2 Å². The van der Waals surface area contributed by atoms with Gasteiger partial charge < -0.3 is 15.1 Å². The minimum absolute atomic E-state index is 0.0785. The Morgan fingerprint density at radius 1 is 1.18 bits per heavy atom. The van der Waals surface area contributed by atoms with Gasteiger partial charge in [-0.05, 0) is 31.4 Å². The van der Waals surface area contributed by atoms with Crippen molar-refractivity contribution in [1.29, 1.82) is 0 Å². The first-order valence-corrected chi connectivity index (χ1v) is 8.09. The summed E-state index contributed by atoms with van der Waals surface area (Å²) in [6, 6.07) is 10.4. The third-order valence-electron chi connectivity index (χ3n) is 4.42. The van der Waals surface area contributed by atoms with E-state index < -0.39 is 0 Å². The highest BCUT2D eigenvalue weighted by molar-refractivity contribution is 5.86. The Labute approximate surface area is 131 Å². The maximum Gasteiger partial charge on any atom is 0.242 e. The summed E-state index contributed by atoms with van der Waals surface area (Å²) in [6.07, 6.45) is 3.54. The summed E-state index contributed by atoms with van der Waals surface area (Å²) in [5, 5.41) is 3.49. The summed E-state index contributed by atoms with van der Waals surface area (Å²) < 4.78 is 0. The molecule has 0 unspecified atom stereocenters. The Balaban J connectivity index is 1.53. The maximum absolute atomic E-state index is 12.4. The number of hydrogen-bond donors (Lipinski definition) is 1. The molecule has 2 heterocycles. The number of piperidine rings is 1. The summed E-state index contributed by atoms with van der Waals surface area (Å²) in [4.78, 5) is 27.6. The van der Waals surface area contributed by atoms with Gasteiger partial charge in [-0.15, -0.1) is 0 Å². The van der Waals surface area contributed by atoms with E-state index >= 15 is 0 Å². The fraction of sp³-hybridized carbons (Fsp3) is 0.529. The number of carbonyl (C=O) groups is 2. The molecule has 2 amide bonds. The number of carbonyl (C=O) groups excluding carboxylic acids is 2. The van der Waals surface area contributed by atoms with Crippen molar-refractivity contribution in [2.24, 2.45) is 0 Å². The smallest absolute Gasteiger partial charge is 0.242 e. The van der Waals surface area contributed by atoms with Gasteiger partial charge >= 0.3 is 0 Å². The molecule has 0 bridgehead atoms. The SMILES string of the molecule is O=C1CCCN1CC(=O)N1CCC[C@@H](Nc2ccccc2)C1. The number of rotatable bonds is 4. The molecule has 0 aliphatic carbocycles. The molecule has 1 atom stereocenters. The highest BCUT2D eigenvalue weighted by Crippen LogP contribution is 2.17. The number of benzene rings is 1. The lowest BCUT2D eigenvalue weighted by atomic mass is 10.1. The minimum Gasteiger partial charge on any atom is -0.381 e. The highest BCUT2D eigenvalue weighted by Gasteiger charge is 2.28. The predicted octanol–water partition coefficient (Wildman–Crippen LogP) is 1.71. The second-order valence-corrected chi connectivity index (χ2v) is 6.11. The summed E-state index contributed by atoms with van der Waals surface area (Å²) in [5.74, 6) is 0.194. The van der Waals surface area contributed by atoms with Crippen LogP contribution in [0.4, 0.5) is 5.69 Å². The molecule has 2 aliphatic heterocycles. The summed E-state index contributed by atoms with van der Waals surface area (Å²) in [7, 11) is 0. The summed E-state index contributed by atoms with van der Waals surface area (Å²) in [5.41, 5.74) is 1.09. The van der Waals surface area contributed by atoms with Crippen molar-refractivity contribution in [2.45, 2.75) is 31.7 Å². The molecule has 0 saturated carbocycles. The summed E-state index contributed by atoms with van der Waals surface area (Å²) in [6.45, 7) is 2.49. The van der Waals surface area contributed by atoms with Crippen molar-refractivity contribution in [2.75, 3.05) is 31.5 Å². The molecule has 5 nitrogen and oxygen atoms in total. The Hall–Kier alpha value is -2.04. The van der Waals surface area contributed by atoms with Crippen molar-refractivity contribution in [3.63, 3.8) is 0 Å². The van der Waals surface area contributed by atoms with Crippen LogP contribution in [-0.4, -0.2) is 53.8 Å². The lowest BCUT2D eigenvalue weighted by Crippen LogP contribution is -2.48. The van der Waals surface area contributed by atoms with Crippen LogP contribution >= 0.6 is 0 Å². The molecule has 1 aromatic rings. The monoisotopic (exact) mass is 301 g/mol. The lowest BCUT2D eigenvalue weighted by molar-refractivity contribution is -0.139. The van der Waals surface area contributed by atoms with Gasteiger partial charge in [0.15, 0.2) is 0 Å². The van der Waals surface area contributed by atoms with Crippen molar-refractivity contribution in [3.05, 3.63) is 30.3 Å². The topological polar surface area (TPSA) is 52.7 Å².